The predicted octanol–water partition coefficient (Wildman–Crippen LogP) is 1.07. The number of carbonyl (C=O) groups is 2. The molecule has 0 saturated heterocycles. The molecule has 2 amide bonds. The quantitative estimate of drug-likeness (QED) is 0.730. The zero-order chi connectivity index (χ0) is 14.3. The second-order valence-corrected chi connectivity index (χ2v) is 5.09. The Morgan fingerprint density at radius 2 is 2.16 bits per heavy atom. The molecule has 1 aromatic carbocycles. The molecular weight excluding hydrogens is 312 g/mol. The summed E-state index contributed by atoms with van der Waals surface area (Å²) in [5.74, 6) is -0.574. The third-order valence-corrected chi connectivity index (χ3v) is 2.96. The van der Waals surface area contributed by atoms with Crippen molar-refractivity contribution >= 4 is 27.7 Å². The van der Waals surface area contributed by atoms with Crippen LogP contribution in [0.3, 0.4) is 0 Å². The third kappa shape index (κ3) is 5.85. The van der Waals surface area contributed by atoms with E-state index in [2.05, 4.69) is 26.6 Å². The van der Waals surface area contributed by atoms with Gasteiger partial charge in [-0.25, -0.2) is 0 Å². The molecule has 0 aliphatic carbocycles. The molecule has 0 aliphatic rings. The summed E-state index contributed by atoms with van der Waals surface area (Å²) in [5, 5.41) is 13.9. The van der Waals surface area contributed by atoms with Crippen molar-refractivity contribution in [2.45, 2.75) is 19.4 Å². The van der Waals surface area contributed by atoms with Crippen molar-refractivity contribution in [2.24, 2.45) is 0 Å². The second kappa shape index (κ2) is 7.91. The van der Waals surface area contributed by atoms with Crippen molar-refractivity contribution in [3.63, 3.8) is 0 Å². The average Bonchev–Trinajstić information content (AvgIpc) is 2.36. The SMILES string of the molecule is CC(CCO)NC(=O)CNC(=O)c1cccc(Br)c1. The molecule has 1 rings (SSSR count). The van der Waals surface area contributed by atoms with Crippen LogP contribution in [0.25, 0.3) is 0 Å². The van der Waals surface area contributed by atoms with Crippen LogP contribution in [-0.4, -0.2) is 36.1 Å². The van der Waals surface area contributed by atoms with E-state index >= 15 is 0 Å². The van der Waals surface area contributed by atoms with Crippen LogP contribution in [0.2, 0.25) is 0 Å². The number of halogens is 1. The Morgan fingerprint density at radius 3 is 2.79 bits per heavy atom. The fourth-order valence-electron chi connectivity index (χ4n) is 1.48. The number of benzene rings is 1. The first-order valence-corrected chi connectivity index (χ1v) is 6.76. The summed E-state index contributed by atoms with van der Waals surface area (Å²) in [6.45, 7) is 1.73. The summed E-state index contributed by atoms with van der Waals surface area (Å²) in [6.07, 6.45) is 0.491. The minimum Gasteiger partial charge on any atom is -0.396 e. The fraction of sp³-hybridized carbons (Fsp3) is 0.385. The molecule has 1 atom stereocenters. The smallest absolute Gasteiger partial charge is 0.251 e. The van der Waals surface area contributed by atoms with Crippen molar-refractivity contribution in [2.75, 3.05) is 13.2 Å². The molecule has 0 aliphatic heterocycles. The van der Waals surface area contributed by atoms with Gasteiger partial charge in [0.05, 0.1) is 6.54 Å². The molecule has 19 heavy (non-hydrogen) atoms. The van der Waals surface area contributed by atoms with Gasteiger partial charge >= 0.3 is 0 Å². The Hall–Kier alpha value is -1.40. The van der Waals surface area contributed by atoms with Gasteiger partial charge in [-0.2, -0.15) is 0 Å². The number of hydrogen-bond donors (Lipinski definition) is 3. The largest absolute Gasteiger partial charge is 0.396 e. The zero-order valence-electron chi connectivity index (χ0n) is 10.6. The second-order valence-electron chi connectivity index (χ2n) is 4.17. The van der Waals surface area contributed by atoms with Gasteiger partial charge in [0.2, 0.25) is 5.91 Å². The summed E-state index contributed by atoms with van der Waals surface area (Å²) in [6, 6.07) is 6.82. The lowest BCUT2D eigenvalue weighted by Gasteiger charge is -2.12. The topological polar surface area (TPSA) is 78.4 Å². The highest BCUT2D eigenvalue weighted by Gasteiger charge is 2.10. The van der Waals surface area contributed by atoms with E-state index < -0.39 is 0 Å². The van der Waals surface area contributed by atoms with Gasteiger partial charge in [-0.1, -0.05) is 22.0 Å². The van der Waals surface area contributed by atoms with Gasteiger partial charge in [0.1, 0.15) is 0 Å². The van der Waals surface area contributed by atoms with Crippen LogP contribution in [0.4, 0.5) is 0 Å². The Balaban J connectivity index is 2.40. The molecule has 0 saturated carbocycles. The molecule has 0 spiro atoms. The Labute approximate surface area is 120 Å². The Kier molecular flexibility index (Phi) is 6.52. The average molecular weight is 329 g/mol. The molecule has 0 aromatic heterocycles. The van der Waals surface area contributed by atoms with Crippen LogP contribution in [0, 0.1) is 0 Å². The van der Waals surface area contributed by atoms with E-state index in [1.807, 2.05) is 6.07 Å². The van der Waals surface area contributed by atoms with Gasteiger partial charge in [-0.05, 0) is 31.5 Å². The molecule has 6 heteroatoms. The normalized spacial score (nSPS) is 11.7. The lowest BCUT2D eigenvalue weighted by molar-refractivity contribution is -0.120. The Bertz CT molecular complexity index is 451. The van der Waals surface area contributed by atoms with Crippen LogP contribution >= 0.6 is 15.9 Å². The molecule has 0 heterocycles. The van der Waals surface area contributed by atoms with Crippen molar-refractivity contribution in [3.8, 4) is 0 Å². The number of carbonyl (C=O) groups excluding carboxylic acids is 2. The summed E-state index contributed by atoms with van der Waals surface area (Å²) < 4.78 is 0.807. The van der Waals surface area contributed by atoms with Gasteiger partial charge in [-0.15, -0.1) is 0 Å². The first-order valence-electron chi connectivity index (χ1n) is 5.97. The third-order valence-electron chi connectivity index (χ3n) is 2.47. The maximum absolute atomic E-state index is 11.8. The first kappa shape index (κ1) is 15.7. The van der Waals surface area contributed by atoms with Gasteiger partial charge in [0.15, 0.2) is 0 Å². The van der Waals surface area contributed by atoms with E-state index in [1.54, 1.807) is 25.1 Å². The first-order chi connectivity index (χ1) is 9.02. The minimum absolute atomic E-state index is 0.0197. The number of rotatable bonds is 6. The number of amides is 2. The number of aliphatic hydroxyl groups is 1. The molecule has 1 aromatic rings. The summed E-state index contributed by atoms with van der Waals surface area (Å²) in [5.41, 5.74) is 0.491. The summed E-state index contributed by atoms with van der Waals surface area (Å²) in [4.78, 5) is 23.3. The van der Waals surface area contributed by atoms with Crippen LogP contribution in [0.1, 0.15) is 23.7 Å². The van der Waals surface area contributed by atoms with E-state index in [0.29, 0.717) is 12.0 Å². The molecule has 0 bridgehead atoms. The highest BCUT2D eigenvalue weighted by molar-refractivity contribution is 9.10. The molecule has 0 radical (unpaired) electrons. The van der Waals surface area contributed by atoms with Crippen molar-refractivity contribution in [1.29, 1.82) is 0 Å². The fourth-order valence-corrected chi connectivity index (χ4v) is 1.88. The van der Waals surface area contributed by atoms with Crippen LogP contribution in [0.5, 0.6) is 0 Å². The van der Waals surface area contributed by atoms with Crippen molar-refractivity contribution < 1.29 is 14.7 Å². The lowest BCUT2D eigenvalue weighted by atomic mass is 10.2. The highest BCUT2D eigenvalue weighted by atomic mass is 79.9. The molecule has 104 valence electrons. The number of nitrogens with one attached hydrogen (secondary N) is 2. The van der Waals surface area contributed by atoms with E-state index in [0.717, 1.165) is 4.47 Å². The molecule has 1 unspecified atom stereocenters. The van der Waals surface area contributed by atoms with Gasteiger partial charge in [0.25, 0.3) is 5.91 Å². The van der Waals surface area contributed by atoms with Crippen LogP contribution < -0.4 is 10.6 Å². The van der Waals surface area contributed by atoms with Crippen molar-refractivity contribution in [1.82, 2.24) is 10.6 Å². The van der Waals surface area contributed by atoms with E-state index in [9.17, 15) is 9.59 Å². The number of hydrogen-bond acceptors (Lipinski definition) is 3. The van der Waals surface area contributed by atoms with Gasteiger partial charge in [-0.3, -0.25) is 9.59 Å². The molecule has 3 N–H and O–H groups in total. The van der Waals surface area contributed by atoms with Crippen LogP contribution in [-0.2, 0) is 4.79 Å². The van der Waals surface area contributed by atoms with E-state index in [-0.39, 0.29) is 31.0 Å². The standard InChI is InChI=1S/C13H17BrN2O3/c1-9(5-6-17)16-12(18)8-15-13(19)10-3-2-4-11(14)7-10/h2-4,7,9,17H,5-6,8H2,1H3,(H,15,19)(H,16,18). The minimum atomic E-state index is -0.300. The van der Waals surface area contributed by atoms with Crippen LogP contribution in [0.15, 0.2) is 28.7 Å². The lowest BCUT2D eigenvalue weighted by Crippen LogP contribution is -2.41. The highest BCUT2D eigenvalue weighted by Crippen LogP contribution is 2.11. The Morgan fingerprint density at radius 1 is 1.42 bits per heavy atom. The van der Waals surface area contributed by atoms with Gasteiger partial charge < -0.3 is 15.7 Å². The number of aliphatic hydroxyl groups excluding tert-OH is 1. The molecule has 5 nitrogen and oxygen atoms in total. The maximum Gasteiger partial charge on any atom is 0.251 e. The monoisotopic (exact) mass is 328 g/mol. The van der Waals surface area contributed by atoms with Gasteiger partial charge in [0, 0.05) is 22.7 Å². The molecule has 0 fully saturated rings. The van der Waals surface area contributed by atoms with Crippen molar-refractivity contribution in [3.05, 3.63) is 34.3 Å². The van der Waals surface area contributed by atoms with E-state index in [1.165, 1.54) is 0 Å². The molecular formula is C13H17BrN2O3. The zero-order valence-corrected chi connectivity index (χ0v) is 12.2. The van der Waals surface area contributed by atoms with E-state index in [4.69, 9.17) is 5.11 Å². The summed E-state index contributed by atoms with van der Waals surface area (Å²) >= 11 is 3.28. The maximum atomic E-state index is 11.8. The summed E-state index contributed by atoms with van der Waals surface area (Å²) in [7, 11) is 0. The predicted molar refractivity (Wildman–Crippen MR) is 75.8 cm³/mol.